The van der Waals surface area contributed by atoms with Gasteiger partial charge in [-0.15, -0.1) is 0 Å². The molecule has 1 N–H and O–H groups in total. The predicted octanol–water partition coefficient (Wildman–Crippen LogP) is 2.94. The second-order valence-corrected chi connectivity index (χ2v) is 5.26. The first-order valence-corrected chi connectivity index (χ1v) is 6.67. The Morgan fingerprint density at radius 3 is 2.76 bits per heavy atom. The van der Waals surface area contributed by atoms with E-state index in [2.05, 4.69) is 43.4 Å². The van der Waals surface area contributed by atoms with E-state index in [1.54, 1.807) is 0 Å². The smallest absolute Gasteiger partial charge is 0.0949 e. The summed E-state index contributed by atoms with van der Waals surface area (Å²) in [6.45, 7) is 7.38. The fraction of sp³-hybridized carbons (Fsp3) is 0.600. The molecular formula is C15H23NO. The maximum atomic E-state index is 5.85. The van der Waals surface area contributed by atoms with Crippen molar-refractivity contribution in [3.8, 4) is 0 Å². The molecule has 1 fully saturated rings. The number of benzene rings is 1. The molecule has 1 aromatic carbocycles. The van der Waals surface area contributed by atoms with Gasteiger partial charge >= 0.3 is 0 Å². The molecule has 0 radical (unpaired) electrons. The lowest BCUT2D eigenvalue weighted by atomic mass is 10.0. The van der Waals surface area contributed by atoms with Gasteiger partial charge in [0.05, 0.1) is 6.10 Å². The van der Waals surface area contributed by atoms with Crippen LogP contribution in [-0.4, -0.2) is 19.7 Å². The number of ether oxygens (including phenoxy) is 1. The summed E-state index contributed by atoms with van der Waals surface area (Å²) in [5.74, 6) is 0.719. The van der Waals surface area contributed by atoms with E-state index in [1.807, 2.05) is 0 Å². The Bertz CT molecular complexity index is 323. The van der Waals surface area contributed by atoms with Crippen LogP contribution in [0.5, 0.6) is 0 Å². The fourth-order valence-corrected chi connectivity index (χ4v) is 2.27. The van der Waals surface area contributed by atoms with Crippen molar-refractivity contribution < 1.29 is 4.74 Å². The van der Waals surface area contributed by atoms with Gasteiger partial charge in [-0.2, -0.15) is 0 Å². The van der Waals surface area contributed by atoms with E-state index in [4.69, 9.17) is 4.74 Å². The third-order valence-corrected chi connectivity index (χ3v) is 3.14. The lowest BCUT2D eigenvalue weighted by Crippen LogP contribution is -2.20. The Balaban J connectivity index is 2.00. The monoisotopic (exact) mass is 233 g/mol. The Kier molecular flexibility index (Phi) is 4.57. The highest BCUT2D eigenvalue weighted by Crippen LogP contribution is 2.20. The summed E-state index contributed by atoms with van der Waals surface area (Å²) in [5.41, 5.74) is 2.72. The quantitative estimate of drug-likeness (QED) is 0.866. The largest absolute Gasteiger partial charge is 0.372 e. The van der Waals surface area contributed by atoms with E-state index in [1.165, 1.54) is 11.1 Å². The minimum Gasteiger partial charge on any atom is -0.372 e. The summed E-state index contributed by atoms with van der Waals surface area (Å²) in [7, 11) is 0. The van der Waals surface area contributed by atoms with Crippen LogP contribution >= 0.6 is 0 Å². The topological polar surface area (TPSA) is 21.3 Å². The highest BCUT2D eigenvalue weighted by atomic mass is 16.5. The van der Waals surface area contributed by atoms with E-state index >= 15 is 0 Å². The molecule has 0 aromatic heterocycles. The first-order chi connectivity index (χ1) is 8.25. The van der Waals surface area contributed by atoms with Crippen LogP contribution in [0.4, 0.5) is 0 Å². The molecule has 2 heteroatoms. The van der Waals surface area contributed by atoms with Crippen molar-refractivity contribution in [1.82, 2.24) is 5.32 Å². The summed E-state index contributed by atoms with van der Waals surface area (Å²) >= 11 is 0. The summed E-state index contributed by atoms with van der Waals surface area (Å²) in [5, 5.41) is 3.42. The zero-order chi connectivity index (χ0) is 12.1. The highest BCUT2D eigenvalue weighted by molar-refractivity contribution is 5.25. The van der Waals surface area contributed by atoms with Crippen LogP contribution in [0.3, 0.4) is 0 Å². The van der Waals surface area contributed by atoms with Crippen molar-refractivity contribution in [2.24, 2.45) is 5.92 Å². The van der Waals surface area contributed by atoms with Crippen molar-refractivity contribution in [2.45, 2.75) is 32.8 Å². The molecule has 2 rings (SSSR count). The lowest BCUT2D eigenvalue weighted by Gasteiger charge is -2.16. The Morgan fingerprint density at radius 2 is 2.06 bits per heavy atom. The van der Waals surface area contributed by atoms with Gasteiger partial charge in [-0.25, -0.2) is 0 Å². The molecule has 0 aliphatic carbocycles. The van der Waals surface area contributed by atoms with Gasteiger partial charge in [0.15, 0.2) is 0 Å². The number of hydrogen-bond donors (Lipinski definition) is 1. The van der Waals surface area contributed by atoms with Gasteiger partial charge in [-0.1, -0.05) is 38.1 Å². The van der Waals surface area contributed by atoms with E-state index < -0.39 is 0 Å². The molecule has 1 atom stereocenters. The molecule has 0 spiro atoms. The van der Waals surface area contributed by atoms with E-state index in [9.17, 15) is 0 Å². The standard InChI is InChI=1S/C15H23NO/c1-12(2)10-13-4-6-14(7-5-13)15-11-16-8-3-9-17-15/h4-7,12,15-16H,3,8-11H2,1-2H3. The maximum Gasteiger partial charge on any atom is 0.0949 e. The van der Waals surface area contributed by atoms with Crippen molar-refractivity contribution in [3.05, 3.63) is 35.4 Å². The van der Waals surface area contributed by atoms with Gasteiger partial charge in [0, 0.05) is 13.2 Å². The van der Waals surface area contributed by atoms with E-state index in [-0.39, 0.29) is 6.10 Å². The second kappa shape index (κ2) is 6.18. The SMILES string of the molecule is CC(C)Cc1ccc(C2CNCCCO2)cc1. The fourth-order valence-electron chi connectivity index (χ4n) is 2.27. The highest BCUT2D eigenvalue weighted by Gasteiger charge is 2.14. The third-order valence-electron chi connectivity index (χ3n) is 3.14. The molecule has 1 aliphatic heterocycles. The van der Waals surface area contributed by atoms with Crippen molar-refractivity contribution in [1.29, 1.82) is 0 Å². The van der Waals surface area contributed by atoms with Gasteiger partial charge in [-0.3, -0.25) is 0 Å². The summed E-state index contributed by atoms with van der Waals surface area (Å²) in [6, 6.07) is 8.91. The normalized spacial score (nSPS) is 21.5. The summed E-state index contributed by atoms with van der Waals surface area (Å²) < 4.78 is 5.85. The van der Waals surface area contributed by atoms with Gasteiger partial charge in [0.25, 0.3) is 0 Å². The van der Waals surface area contributed by atoms with Crippen molar-refractivity contribution in [3.63, 3.8) is 0 Å². The van der Waals surface area contributed by atoms with Gasteiger partial charge in [0.2, 0.25) is 0 Å². The average Bonchev–Trinajstić information content (AvgIpc) is 2.58. The molecule has 1 aromatic rings. The number of hydrogen-bond acceptors (Lipinski definition) is 2. The summed E-state index contributed by atoms with van der Waals surface area (Å²) in [6.07, 6.45) is 2.50. The Hall–Kier alpha value is -0.860. The molecule has 0 bridgehead atoms. The van der Waals surface area contributed by atoms with Gasteiger partial charge in [0.1, 0.15) is 0 Å². The maximum absolute atomic E-state index is 5.85. The first kappa shape index (κ1) is 12.6. The Labute approximate surface area is 104 Å². The zero-order valence-corrected chi connectivity index (χ0v) is 10.9. The van der Waals surface area contributed by atoms with Crippen LogP contribution < -0.4 is 5.32 Å². The minimum atomic E-state index is 0.227. The molecule has 2 nitrogen and oxygen atoms in total. The van der Waals surface area contributed by atoms with Crippen molar-refractivity contribution >= 4 is 0 Å². The van der Waals surface area contributed by atoms with Crippen LogP contribution in [0, 0.1) is 5.92 Å². The van der Waals surface area contributed by atoms with E-state index in [0.29, 0.717) is 0 Å². The molecule has 1 saturated heterocycles. The summed E-state index contributed by atoms with van der Waals surface area (Å²) in [4.78, 5) is 0. The molecular weight excluding hydrogens is 210 g/mol. The zero-order valence-electron chi connectivity index (χ0n) is 10.9. The van der Waals surface area contributed by atoms with E-state index in [0.717, 1.165) is 38.5 Å². The molecule has 1 unspecified atom stereocenters. The molecule has 0 amide bonds. The first-order valence-electron chi connectivity index (χ1n) is 6.67. The molecule has 17 heavy (non-hydrogen) atoms. The third kappa shape index (κ3) is 3.83. The predicted molar refractivity (Wildman–Crippen MR) is 71.2 cm³/mol. The van der Waals surface area contributed by atoms with Crippen LogP contribution in [0.2, 0.25) is 0 Å². The lowest BCUT2D eigenvalue weighted by molar-refractivity contribution is 0.0669. The molecule has 1 heterocycles. The van der Waals surface area contributed by atoms with Crippen molar-refractivity contribution in [2.75, 3.05) is 19.7 Å². The van der Waals surface area contributed by atoms with Gasteiger partial charge < -0.3 is 10.1 Å². The van der Waals surface area contributed by atoms with Crippen LogP contribution in [0.15, 0.2) is 24.3 Å². The second-order valence-electron chi connectivity index (χ2n) is 5.26. The Morgan fingerprint density at radius 1 is 1.29 bits per heavy atom. The van der Waals surface area contributed by atoms with Crippen LogP contribution in [0.25, 0.3) is 0 Å². The molecule has 1 aliphatic rings. The van der Waals surface area contributed by atoms with Crippen LogP contribution in [-0.2, 0) is 11.2 Å². The number of nitrogens with one attached hydrogen (secondary N) is 1. The van der Waals surface area contributed by atoms with Gasteiger partial charge in [-0.05, 0) is 36.4 Å². The molecule has 94 valence electrons. The average molecular weight is 233 g/mol. The minimum absolute atomic E-state index is 0.227. The number of rotatable bonds is 3. The van der Waals surface area contributed by atoms with Crippen LogP contribution in [0.1, 0.15) is 37.5 Å². The molecule has 0 saturated carbocycles.